The summed E-state index contributed by atoms with van der Waals surface area (Å²) in [5.41, 5.74) is 0. The fraction of sp³-hybridized carbons (Fsp3) is 0.818. The molecule has 2 unspecified atom stereocenters. The molecule has 0 radical (unpaired) electrons. The second-order valence-electron chi connectivity index (χ2n) is 7.49. The van der Waals surface area contributed by atoms with Gasteiger partial charge in [-0.15, -0.1) is 0 Å². The Hall–Kier alpha value is -1.72. The lowest BCUT2D eigenvalue weighted by atomic mass is 9.82. The van der Waals surface area contributed by atoms with Gasteiger partial charge >= 0.3 is 17.9 Å². The molecule has 2 atom stereocenters. The molecule has 0 bridgehead atoms. The van der Waals surface area contributed by atoms with Crippen LogP contribution >= 0.6 is 0 Å². The zero-order valence-electron chi connectivity index (χ0n) is 18.1. The molecule has 0 aromatic carbocycles. The van der Waals surface area contributed by atoms with Crippen LogP contribution in [0, 0.1) is 11.8 Å². The van der Waals surface area contributed by atoms with Crippen LogP contribution in [0.25, 0.3) is 0 Å². The van der Waals surface area contributed by atoms with Gasteiger partial charge in [0.15, 0.2) is 0 Å². The van der Waals surface area contributed by atoms with Crippen molar-refractivity contribution in [3.63, 3.8) is 0 Å². The number of ether oxygens (including phenoxy) is 2. The topological polar surface area (TPSA) is 86.7 Å². The third-order valence-corrected chi connectivity index (χ3v) is 5.16. The molecule has 28 heavy (non-hydrogen) atoms. The van der Waals surface area contributed by atoms with Gasteiger partial charge in [-0.3, -0.25) is 14.4 Å². The predicted octanol–water partition coefficient (Wildman–Crippen LogP) is 4.77. The van der Waals surface area contributed by atoms with E-state index < -0.39 is 11.9 Å². The van der Waals surface area contributed by atoms with Gasteiger partial charge in [0.2, 0.25) is 0 Å². The highest BCUT2D eigenvalue weighted by Crippen LogP contribution is 2.26. The molecule has 0 heterocycles. The summed E-state index contributed by atoms with van der Waals surface area (Å²) in [5.74, 6) is -0.778. The quantitative estimate of drug-likeness (QED) is 0.211. The molecule has 0 rings (SSSR count). The van der Waals surface area contributed by atoms with Crippen molar-refractivity contribution in [2.75, 3.05) is 7.11 Å². The highest BCUT2D eigenvalue weighted by molar-refractivity contribution is 5.85. The Labute approximate surface area is 169 Å². The normalized spacial score (nSPS) is 12.9. The van der Waals surface area contributed by atoms with Crippen molar-refractivity contribution in [1.29, 1.82) is 0 Å². The molecule has 0 amide bonds. The summed E-state index contributed by atoms with van der Waals surface area (Å²) in [6, 6.07) is 0. The van der Waals surface area contributed by atoms with E-state index in [2.05, 4.69) is 4.74 Å². The van der Waals surface area contributed by atoms with Crippen LogP contribution in [0.2, 0.25) is 0 Å². The zero-order chi connectivity index (χ0) is 21.4. The van der Waals surface area contributed by atoms with Gasteiger partial charge in [-0.1, -0.05) is 52.4 Å². The molecule has 0 aliphatic heterocycles. The van der Waals surface area contributed by atoms with Gasteiger partial charge in [0.1, 0.15) is 5.78 Å². The Bertz CT molecular complexity index is 485. The standard InChI is InChI=1S/C22H38O6/c1-5-18(15-17(3)23)19(6-2)16-22(26)28-21(25)14-12-10-8-7-9-11-13-20(24)27-4/h18-19H,5-16H2,1-4H3. The van der Waals surface area contributed by atoms with Gasteiger partial charge in [0.25, 0.3) is 0 Å². The smallest absolute Gasteiger partial charge is 0.313 e. The van der Waals surface area contributed by atoms with E-state index in [-0.39, 0.29) is 36.4 Å². The van der Waals surface area contributed by atoms with Crippen molar-refractivity contribution in [2.24, 2.45) is 11.8 Å². The van der Waals surface area contributed by atoms with E-state index in [1.807, 2.05) is 13.8 Å². The van der Waals surface area contributed by atoms with E-state index in [1.54, 1.807) is 6.92 Å². The maximum atomic E-state index is 12.1. The summed E-state index contributed by atoms with van der Waals surface area (Å²) in [6.07, 6.45) is 8.36. The molecule has 0 spiro atoms. The Kier molecular flexibility index (Phi) is 15.3. The highest BCUT2D eigenvalue weighted by Gasteiger charge is 2.24. The average Bonchev–Trinajstić information content (AvgIpc) is 2.65. The Morgan fingerprint density at radius 3 is 1.61 bits per heavy atom. The summed E-state index contributed by atoms with van der Waals surface area (Å²) in [4.78, 5) is 46.2. The van der Waals surface area contributed by atoms with E-state index in [4.69, 9.17) is 4.74 Å². The average molecular weight is 399 g/mol. The van der Waals surface area contributed by atoms with E-state index in [1.165, 1.54) is 7.11 Å². The predicted molar refractivity (Wildman–Crippen MR) is 108 cm³/mol. The van der Waals surface area contributed by atoms with Crippen LogP contribution in [0.1, 0.15) is 97.8 Å². The number of carbonyl (C=O) groups is 4. The molecule has 162 valence electrons. The van der Waals surface area contributed by atoms with Crippen LogP contribution in [-0.2, 0) is 28.7 Å². The Morgan fingerprint density at radius 2 is 1.14 bits per heavy atom. The van der Waals surface area contributed by atoms with E-state index in [9.17, 15) is 19.2 Å². The summed E-state index contributed by atoms with van der Waals surface area (Å²) in [6.45, 7) is 5.58. The van der Waals surface area contributed by atoms with Crippen molar-refractivity contribution < 1.29 is 28.7 Å². The van der Waals surface area contributed by atoms with Gasteiger partial charge in [-0.25, -0.2) is 0 Å². The highest BCUT2D eigenvalue weighted by atomic mass is 16.6. The number of rotatable bonds is 16. The number of esters is 3. The van der Waals surface area contributed by atoms with Crippen LogP contribution < -0.4 is 0 Å². The van der Waals surface area contributed by atoms with Crippen LogP contribution in [0.15, 0.2) is 0 Å². The lowest BCUT2D eigenvalue weighted by molar-refractivity contribution is -0.160. The Morgan fingerprint density at radius 1 is 0.679 bits per heavy atom. The molecular formula is C22H38O6. The molecule has 0 N–H and O–H groups in total. The lowest BCUT2D eigenvalue weighted by Gasteiger charge is -2.23. The molecule has 6 heteroatoms. The minimum atomic E-state index is -0.485. The maximum absolute atomic E-state index is 12.1. The number of methoxy groups -OCH3 is 1. The van der Waals surface area contributed by atoms with Gasteiger partial charge in [-0.05, 0) is 31.6 Å². The number of carbonyl (C=O) groups excluding carboxylic acids is 4. The first-order valence-electron chi connectivity index (χ1n) is 10.6. The van der Waals surface area contributed by atoms with Gasteiger partial charge < -0.3 is 14.3 Å². The molecule has 0 aliphatic carbocycles. The third-order valence-electron chi connectivity index (χ3n) is 5.16. The van der Waals surface area contributed by atoms with Crippen molar-refractivity contribution >= 4 is 23.7 Å². The Balaban J connectivity index is 3.94. The maximum Gasteiger partial charge on any atom is 0.313 e. The largest absolute Gasteiger partial charge is 0.469 e. The molecule has 0 aliphatic rings. The van der Waals surface area contributed by atoms with Crippen LogP contribution in [0.5, 0.6) is 0 Å². The molecule has 0 saturated heterocycles. The van der Waals surface area contributed by atoms with Crippen LogP contribution in [0.4, 0.5) is 0 Å². The summed E-state index contributed by atoms with van der Waals surface area (Å²) in [7, 11) is 1.39. The summed E-state index contributed by atoms with van der Waals surface area (Å²) < 4.78 is 9.54. The van der Waals surface area contributed by atoms with Crippen LogP contribution in [-0.4, -0.2) is 30.8 Å². The lowest BCUT2D eigenvalue weighted by Crippen LogP contribution is -2.22. The second-order valence-corrected chi connectivity index (χ2v) is 7.49. The number of hydrogen-bond donors (Lipinski definition) is 0. The first-order chi connectivity index (χ1) is 13.3. The summed E-state index contributed by atoms with van der Waals surface area (Å²) in [5, 5.41) is 0. The molecule has 0 aromatic rings. The van der Waals surface area contributed by atoms with Gasteiger partial charge in [-0.2, -0.15) is 0 Å². The van der Waals surface area contributed by atoms with Crippen molar-refractivity contribution in [3.05, 3.63) is 0 Å². The second kappa shape index (κ2) is 16.3. The monoisotopic (exact) mass is 398 g/mol. The van der Waals surface area contributed by atoms with Gasteiger partial charge in [0, 0.05) is 25.7 Å². The fourth-order valence-electron chi connectivity index (χ4n) is 3.44. The van der Waals surface area contributed by atoms with E-state index in [0.29, 0.717) is 19.3 Å². The number of hydrogen-bond acceptors (Lipinski definition) is 6. The molecule has 0 fully saturated rings. The van der Waals surface area contributed by atoms with Crippen LogP contribution in [0.3, 0.4) is 0 Å². The molecule has 0 aromatic heterocycles. The van der Waals surface area contributed by atoms with Crippen molar-refractivity contribution in [2.45, 2.75) is 97.8 Å². The molecule has 6 nitrogen and oxygen atoms in total. The minimum Gasteiger partial charge on any atom is -0.469 e. The van der Waals surface area contributed by atoms with E-state index >= 15 is 0 Å². The third kappa shape index (κ3) is 13.4. The van der Waals surface area contributed by atoms with Gasteiger partial charge in [0.05, 0.1) is 7.11 Å². The van der Waals surface area contributed by atoms with Crippen molar-refractivity contribution in [3.8, 4) is 0 Å². The number of Topliss-reactive ketones (excluding diaryl/α,β-unsaturated/α-hetero) is 1. The fourth-order valence-corrected chi connectivity index (χ4v) is 3.44. The minimum absolute atomic E-state index is 0.0687. The number of unbranched alkanes of at least 4 members (excludes halogenated alkanes) is 5. The summed E-state index contributed by atoms with van der Waals surface area (Å²) >= 11 is 0. The number of ketones is 1. The molecular weight excluding hydrogens is 360 g/mol. The first-order valence-corrected chi connectivity index (χ1v) is 10.6. The zero-order valence-corrected chi connectivity index (χ0v) is 18.1. The first kappa shape index (κ1) is 26.3. The van der Waals surface area contributed by atoms with Crippen molar-refractivity contribution in [1.82, 2.24) is 0 Å². The molecule has 0 saturated carbocycles. The van der Waals surface area contributed by atoms with E-state index in [0.717, 1.165) is 44.9 Å². The SMILES string of the molecule is CCC(CC(C)=O)C(CC)CC(=O)OC(=O)CCCCCCCCC(=O)OC.